The van der Waals surface area contributed by atoms with Crippen molar-refractivity contribution in [1.29, 1.82) is 0 Å². The molecule has 0 fully saturated rings. The molecule has 0 bridgehead atoms. The number of likely N-dealkylation sites (N-methyl/N-ethyl adjacent to an activating group) is 1. The van der Waals surface area contributed by atoms with Crippen molar-refractivity contribution in [2.45, 2.75) is 47.1 Å². The molecular formula is C14H24N2O. The third-order valence-corrected chi connectivity index (χ3v) is 2.49. The second-order valence-electron chi connectivity index (χ2n) is 3.46. The van der Waals surface area contributed by atoms with Gasteiger partial charge in [-0.05, 0) is 18.6 Å². The van der Waals surface area contributed by atoms with Gasteiger partial charge in [-0.25, -0.2) is 0 Å². The number of nitrogens with zero attached hydrogens (tertiary/aromatic N) is 2. The van der Waals surface area contributed by atoms with Crippen LogP contribution in [0, 0.1) is 0 Å². The van der Waals surface area contributed by atoms with Gasteiger partial charge in [-0.2, -0.15) is 0 Å². The molecule has 0 spiro atoms. The molecule has 0 saturated carbocycles. The van der Waals surface area contributed by atoms with E-state index in [4.69, 9.17) is 0 Å². The lowest BCUT2D eigenvalue weighted by atomic mass is 9.96. The summed E-state index contributed by atoms with van der Waals surface area (Å²) in [5.74, 6) is 0.0705. The molecule has 0 radical (unpaired) electrons. The molecule has 0 N–H and O–H groups in total. The molecular weight excluding hydrogens is 212 g/mol. The highest BCUT2D eigenvalue weighted by atomic mass is 16.2. The van der Waals surface area contributed by atoms with Crippen LogP contribution in [0.25, 0.3) is 0 Å². The minimum absolute atomic E-state index is 0.0880. The van der Waals surface area contributed by atoms with Crippen LogP contribution in [-0.2, 0) is 11.3 Å². The van der Waals surface area contributed by atoms with E-state index in [-0.39, 0.29) is 11.8 Å². The molecule has 2 heterocycles. The van der Waals surface area contributed by atoms with E-state index in [9.17, 15) is 4.79 Å². The molecule has 0 aromatic carbocycles. The van der Waals surface area contributed by atoms with Crippen molar-refractivity contribution in [2.75, 3.05) is 7.05 Å². The molecule has 3 heteroatoms. The van der Waals surface area contributed by atoms with Gasteiger partial charge in [0.05, 0.1) is 11.6 Å². The zero-order valence-electron chi connectivity index (χ0n) is 11.8. The van der Waals surface area contributed by atoms with Crippen molar-refractivity contribution in [3.63, 3.8) is 0 Å². The van der Waals surface area contributed by atoms with E-state index in [0.29, 0.717) is 6.54 Å². The number of fused-ring (bicyclic) bond motifs is 1. The first-order valence-electron chi connectivity index (χ1n) is 6.39. The number of carbonyl (C=O) groups is 1. The highest BCUT2D eigenvalue weighted by Gasteiger charge is 2.28. The number of aromatic nitrogens is 1. The van der Waals surface area contributed by atoms with Gasteiger partial charge in [0.1, 0.15) is 0 Å². The zero-order chi connectivity index (χ0) is 13.4. The monoisotopic (exact) mass is 236 g/mol. The van der Waals surface area contributed by atoms with Crippen LogP contribution in [0.5, 0.6) is 0 Å². The summed E-state index contributed by atoms with van der Waals surface area (Å²) >= 11 is 0. The zero-order valence-corrected chi connectivity index (χ0v) is 11.8. The van der Waals surface area contributed by atoms with Crippen molar-refractivity contribution in [3.8, 4) is 0 Å². The van der Waals surface area contributed by atoms with E-state index in [2.05, 4.69) is 4.98 Å². The largest absolute Gasteiger partial charge is 0.341 e. The van der Waals surface area contributed by atoms with E-state index < -0.39 is 0 Å². The lowest BCUT2D eigenvalue weighted by molar-refractivity contribution is -0.132. The Morgan fingerprint density at radius 3 is 2.47 bits per heavy atom. The minimum atomic E-state index is -0.0880. The number of carbonyl (C=O) groups excluding carboxylic acids is 1. The first kappa shape index (κ1) is 15.6. The molecule has 1 aliphatic rings. The predicted molar refractivity (Wildman–Crippen MR) is 71.8 cm³/mol. The third-order valence-electron chi connectivity index (χ3n) is 2.49. The van der Waals surface area contributed by atoms with Crippen LogP contribution < -0.4 is 0 Å². The number of amides is 1. The van der Waals surface area contributed by atoms with E-state index in [1.165, 1.54) is 0 Å². The SMILES string of the molecule is CC.CC.CC1C(=O)N(C)Cc2cccnc21. The lowest BCUT2D eigenvalue weighted by Crippen LogP contribution is -2.35. The summed E-state index contributed by atoms with van der Waals surface area (Å²) in [6.45, 7) is 10.6. The molecule has 3 nitrogen and oxygen atoms in total. The maximum Gasteiger partial charge on any atom is 0.231 e. The third kappa shape index (κ3) is 3.55. The van der Waals surface area contributed by atoms with Gasteiger partial charge in [0.25, 0.3) is 0 Å². The van der Waals surface area contributed by atoms with Crippen LogP contribution in [0.4, 0.5) is 0 Å². The highest BCUT2D eigenvalue weighted by Crippen LogP contribution is 2.25. The van der Waals surface area contributed by atoms with Gasteiger partial charge in [0, 0.05) is 19.8 Å². The van der Waals surface area contributed by atoms with Crippen LogP contribution in [0.3, 0.4) is 0 Å². The Morgan fingerprint density at radius 2 is 1.88 bits per heavy atom. The van der Waals surface area contributed by atoms with Crippen molar-refractivity contribution < 1.29 is 4.79 Å². The number of hydrogen-bond donors (Lipinski definition) is 0. The van der Waals surface area contributed by atoms with E-state index in [1.54, 1.807) is 11.1 Å². The van der Waals surface area contributed by atoms with Gasteiger partial charge in [0.15, 0.2) is 0 Å². The molecule has 2 rings (SSSR count). The quantitative estimate of drug-likeness (QED) is 0.693. The Labute approximate surface area is 105 Å². The fourth-order valence-electron chi connectivity index (χ4n) is 1.76. The molecule has 1 amide bonds. The fraction of sp³-hybridized carbons (Fsp3) is 0.571. The van der Waals surface area contributed by atoms with E-state index in [0.717, 1.165) is 11.3 Å². The van der Waals surface area contributed by atoms with Crippen LogP contribution in [-0.4, -0.2) is 22.8 Å². The first-order chi connectivity index (χ1) is 8.20. The summed E-state index contributed by atoms with van der Waals surface area (Å²) in [4.78, 5) is 17.6. The average molecular weight is 236 g/mol. The summed E-state index contributed by atoms with van der Waals surface area (Å²) in [6.07, 6.45) is 1.74. The maximum absolute atomic E-state index is 11.6. The molecule has 0 saturated heterocycles. The molecule has 1 unspecified atom stereocenters. The first-order valence-corrected chi connectivity index (χ1v) is 6.39. The number of pyridine rings is 1. The Hall–Kier alpha value is -1.38. The van der Waals surface area contributed by atoms with Gasteiger partial charge in [-0.15, -0.1) is 0 Å². The van der Waals surface area contributed by atoms with Crippen molar-refractivity contribution >= 4 is 5.91 Å². The van der Waals surface area contributed by atoms with Gasteiger partial charge < -0.3 is 4.90 Å². The second-order valence-corrected chi connectivity index (χ2v) is 3.46. The normalized spacial score (nSPS) is 17.2. The number of rotatable bonds is 0. The van der Waals surface area contributed by atoms with Gasteiger partial charge in [-0.1, -0.05) is 33.8 Å². The molecule has 1 atom stereocenters. The predicted octanol–water partition coefficient (Wildman–Crippen LogP) is 3.21. The summed E-state index contributed by atoms with van der Waals surface area (Å²) in [5, 5.41) is 0. The summed E-state index contributed by atoms with van der Waals surface area (Å²) in [5.41, 5.74) is 2.10. The van der Waals surface area contributed by atoms with Gasteiger partial charge >= 0.3 is 0 Å². The Kier molecular flexibility index (Phi) is 7.19. The topological polar surface area (TPSA) is 33.2 Å². The van der Waals surface area contributed by atoms with Crippen molar-refractivity contribution in [1.82, 2.24) is 9.88 Å². The standard InChI is InChI=1S/C10H12N2O.2C2H6/c1-7-9-8(4-3-5-11-9)6-12(2)10(7)13;2*1-2/h3-5,7H,6H2,1-2H3;2*1-2H3. The lowest BCUT2D eigenvalue weighted by Gasteiger charge is -2.28. The Morgan fingerprint density at radius 1 is 1.29 bits per heavy atom. The molecule has 1 aliphatic heterocycles. The Bertz CT molecular complexity index is 350. The van der Waals surface area contributed by atoms with Crippen LogP contribution >= 0.6 is 0 Å². The highest BCUT2D eigenvalue weighted by molar-refractivity contribution is 5.84. The van der Waals surface area contributed by atoms with Crippen LogP contribution in [0.2, 0.25) is 0 Å². The maximum atomic E-state index is 11.6. The second kappa shape index (κ2) is 7.82. The molecule has 96 valence electrons. The Balaban J connectivity index is 0.000000581. The molecule has 1 aromatic rings. The average Bonchev–Trinajstić information content (AvgIpc) is 2.41. The summed E-state index contributed by atoms with van der Waals surface area (Å²) < 4.78 is 0. The molecule has 1 aromatic heterocycles. The van der Waals surface area contributed by atoms with E-state index in [1.807, 2.05) is 53.8 Å². The van der Waals surface area contributed by atoms with Crippen LogP contribution in [0.15, 0.2) is 18.3 Å². The van der Waals surface area contributed by atoms with Crippen LogP contribution in [0.1, 0.15) is 51.8 Å². The van der Waals surface area contributed by atoms with Crippen molar-refractivity contribution in [3.05, 3.63) is 29.6 Å². The summed E-state index contributed by atoms with van der Waals surface area (Å²) in [7, 11) is 1.83. The smallest absolute Gasteiger partial charge is 0.231 e. The summed E-state index contributed by atoms with van der Waals surface area (Å²) in [6, 6.07) is 3.94. The molecule has 17 heavy (non-hydrogen) atoms. The molecule has 0 aliphatic carbocycles. The van der Waals surface area contributed by atoms with Gasteiger partial charge in [0.2, 0.25) is 5.91 Å². The van der Waals surface area contributed by atoms with E-state index >= 15 is 0 Å². The van der Waals surface area contributed by atoms with Gasteiger partial charge in [-0.3, -0.25) is 9.78 Å². The number of hydrogen-bond acceptors (Lipinski definition) is 2. The van der Waals surface area contributed by atoms with Crippen molar-refractivity contribution in [2.24, 2.45) is 0 Å². The minimum Gasteiger partial charge on any atom is -0.341 e. The fourth-order valence-corrected chi connectivity index (χ4v) is 1.76.